The summed E-state index contributed by atoms with van der Waals surface area (Å²) < 4.78 is 11.1. The van der Waals surface area contributed by atoms with Crippen LogP contribution in [0, 0.1) is 6.92 Å². The molecule has 1 atom stereocenters. The lowest BCUT2D eigenvalue weighted by Gasteiger charge is -2.12. The Bertz CT molecular complexity index is 952. The molecule has 0 spiro atoms. The Balaban J connectivity index is 1.57. The highest BCUT2D eigenvalue weighted by molar-refractivity contribution is 6.08. The quantitative estimate of drug-likeness (QED) is 0.782. The molecule has 0 saturated carbocycles. The molecule has 6 nitrogen and oxygen atoms in total. The number of hydrogen-bond acceptors (Lipinski definition) is 5. The van der Waals surface area contributed by atoms with E-state index < -0.39 is 0 Å². The summed E-state index contributed by atoms with van der Waals surface area (Å²) in [5, 5.41) is 3.88. The molecule has 1 N–H and O–H groups in total. The van der Waals surface area contributed by atoms with Gasteiger partial charge in [0.05, 0.1) is 24.4 Å². The minimum absolute atomic E-state index is 0.00685. The number of benzene rings is 1. The zero-order valence-electron chi connectivity index (χ0n) is 14.4. The molecular weight excluding hydrogens is 330 g/mol. The molecule has 1 saturated heterocycles. The van der Waals surface area contributed by atoms with Crippen molar-refractivity contribution in [2.45, 2.75) is 19.4 Å². The maximum Gasteiger partial charge on any atom is 0.255 e. The van der Waals surface area contributed by atoms with Gasteiger partial charge in [-0.3, -0.25) is 9.78 Å². The first-order valence-corrected chi connectivity index (χ1v) is 8.57. The van der Waals surface area contributed by atoms with Crippen LogP contribution < -0.4 is 10.1 Å². The average Bonchev–Trinajstić information content (AvgIpc) is 3.15. The van der Waals surface area contributed by atoms with Gasteiger partial charge in [-0.25, -0.2) is 4.98 Å². The van der Waals surface area contributed by atoms with E-state index in [2.05, 4.69) is 15.3 Å². The lowest BCUT2D eigenvalue weighted by Crippen LogP contribution is -2.17. The van der Waals surface area contributed by atoms with E-state index in [0.717, 1.165) is 28.7 Å². The van der Waals surface area contributed by atoms with Crippen LogP contribution in [0.1, 0.15) is 22.5 Å². The van der Waals surface area contributed by atoms with Gasteiger partial charge in [-0.05, 0) is 25.1 Å². The van der Waals surface area contributed by atoms with Crippen LogP contribution in [0.4, 0.5) is 5.69 Å². The number of hydrogen-bond donors (Lipinski definition) is 1. The minimum Gasteiger partial charge on any atom is -0.472 e. The molecule has 4 rings (SSSR count). The highest BCUT2D eigenvalue weighted by atomic mass is 16.5. The number of amides is 1. The maximum absolute atomic E-state index is 12.7. The van der Waals surface area contributed by atoms with E-state index in [1.54, 1.807) is 18.3 Å². The molecule has 1 aliphatic rings. The van der Waals surface area contributed by atoms with Crippen molar-refractivity contribution in [3.63, 3.8) is 0 Å². The Morgan fingerprint density at radius 3 is 3.00 bits per heavy atom. The van der Waals surface area contributed by atoms with Crippen molar-refractivity contribution in [2.75, 3.05) is 18.5 Å². The van der Waals surface area contributed by atoms with Crippen molar-refractivity contribution in [1.29, 1.82) is 0 Å². The number of aromatic nitrogens is 2. The second-order valence-corrected chi connectivity index (χ2v) is 6.27. The van der Waals surface area contributed by atoms with Gasteiger partial charge in [0.15, 0.2) is 0 Å². The second kappa shape index (κ2) is 7.09. The van der Waals surface area contributed by atoms with Gasteiger partial charge in [0.25, 0.3) is 5.91 Å². The molecule has 1 aliphatic heterocycles. The summed E-state index contributed by atoms with van der Waals surface area (Å²) in [5.41, 5.74) is 2.93. The van der Waals surface area contributed by atoms with Crippen LogP contribution in [-0.4, -0.2) is 35.2 Å². The molecule has 1 unspecified atom stereocenters. The Hall–Kier alpha value is -2.99. The predicted octanol–water partition coefficient (Wildman–Crippen LogP) is 3.36. The molecular formula is C20H19N3O3. The van der Waals surface area contributed by atoms with Crippen LogP contribution >= 0.6 is 0 Å². The monoisotopic (exact) mass is 349 g/mol. The number of nitrogens with zero attached hydrogens (tertiary/aromatic N) is 2. The Morgan fingerprint density at radius 1 is 1.27 bits per heavy atom. The number of nitrogens with one attached hydrogen (secondary N) is 1. The van der Waals surface area contributed by atoms with E-state index in [9.17, 15) is 4.79 Å². The summed E-state index contributed by atoms with van der Waals surface area (Å²) >= 11 is 0. The van der Waals surface area contributed by atoms with Crippen LogP contribution in [0.25, 0.3) is 10.9 Å². The number of carbonyl (C=O) groups is 1. The fraction of sp³-hybridized carbons (Fsp3) is 0.250. The van der Waals surface area contributed by atoms with Crippen LogP contribution in [0.3, 0.4) is 0 Å². The van der Waals surface area contributed by atoms with E-state index >= 15 is 0 Å². The molecule has 0 aliphatic carbocycles. The van der Waals surface area contributed by atoms with Gasteiger partial charge in [-0.2, -0.15) is 0 Å². The SMILES string of the molecule is Cc1cc(NC(=O)c2ccnc(OC3CCOC3)c2)c2ccccc2n1. The van der Waals surface area contributed by atoms with Gasteiger partial charge in [-0.15, -0.1) is 0 Å². The first-order chi connectivity index (χ1) is 12.7. The Kier molecular flexibility index (Phi) is 4.50. The van der Waals surface area contributed by atoms with Gasteiger partial charge >= 0.3 is 0 Å². The molecule has 0 bridgehead atoms. The van der Waals surface area contributed by atoms with Crippen LogP contribution in [0.15, 0.2) is 48.7 Å². The summed E-state index contributed by atoms with van der Waals surface area (Å²) in [6, 6.07) is 12.9. The highest BCUT2D eigenvalue weighted by Crippen LogP contribution is 2.24. The van der Waals surface area contributed by atoms with Crippen molar-refractivity contribution >= 4 is 22.5 Å². The maximum atomic E-state index is 12.7. The van der Waals surface area contributed by atoms with E-state index in [1.165, 1.54) is 0 Å². The second-order valence-electron chi connectivity index (χ2n) is 6.27. The van der Waals surface area contributed by atoms with E-state index in [4.69, 9.17) is 9.47 Å². The minimum atomic E-state index is -0.212. The number of fused-ring (bicyclic) bond motifs is 1. The van der Waals surface area contributed by atoms with Crippen molar-refractivity contribution in [3.8, 4) is 5.88 Å². The van der Waals surface area contributed by atoms with Gasteiger partial charge < -0.3 is 14.8 Å². The summed E-state index contributed by atoms with van der Waals surface area (Å²) in [7, 11) is 0. The van der Waals surface area contributed by atoms with Crippen LogP contribution in [0.2, 0.25) is 0 Å². The summed E-state index contributed by atoms with van der Waals surface area (Å²) in [4.78, 5) is 21.4. The first kappa shape index (κ1) is 16.5. The van der Waals surface area contributed by atoms with Crippen LogP contribution in [0.5, 0.6) is 5.88 Å². The molecule has 26 heavy (non-hydrogen) atoms. The van der Waals surface area contributed by atoms with E-state index in [1.807, 2.05) is 37.3 Å². The third-order valence-electron chi connectivity index (χ3n) is 4.26. The average molecular weight is 349 g/mol. The molecule has 1 aromatic carbocycles. The Labute approximate surface area is 151 Å². The molecule has 1 fully saturated rings. The van der Waals surface area contributed by atoms with Crippen molar-refractivity contribution in [1.82, 2.24) is 9.97 Å². The molecule has 132 valence electrons. The fourth-order valence-electron chi connectivity index (χ4n) is 3.00. The Morgan fingerprint density at radius 2 is 2.15 bits per heavy atom. The van der Waals surface area contributed by atoms with E-state index in [-0.39, 0.29) is 12.0 Å². The third-order valence-corrected chi connectivity index (χ3v) is 4.26. The molecule has 3 aromatic rings. The zero-order valence-corrected chi connectivity index (χ0v) is 14.4. The standard InChI is InChI=1S/C20H19N3O3/c1-13-10-18(16-4-2-3-5-17(16)22-13)23-20(24)14-6-8-21-19(11-14)26-15-7-9-25-12-15/h2-6,8,10-11,15H,7,9,12H2,1H3,(H,22,23,24). The first-order valence-electron chi connectivity index (χ1n) is 8.57. The molecule has 3 heterocycles. The summed E-state index contributed by atoms with van der Waals surface area (Å²) in [6.07, 6.45) is 2.41. The summed E-state index contributed by atoms with van der Waals surface area (Å²) in [6.45, 7) is 3.16. The van der Waals surface area contributed by atoms with Crippen molar-refractivity contribution in [2.24, 2.45) is 0 Å². The van der Waals surface area contributed by atoms with Crippen molar-refractivity contribution < 1.29 is 14.3 Å². The largest absolute Gasteiger partial charge is 0.472 e. The molecule has 6 heteroatoms. The number of ether oxygens (including phenoxy) is 2. The number of aryl methyl sites for hydroxylation is 1. The predicted molar refractivity (Wildman–Crippen MR) is 98.5 cm³/mol. The lowest BCUT2D eigenvalue weighted by atomic mass is 10.1. The van der Waals surface area contributed by atoms with E-state index in [0.29, 0.717) is 24.7 Å². The number of rotatable bonds is 4. The van der Waals surface area contributed by atoms with Crippen LogP contribution in [-0.2, 0) is 4.74 Å². The van der Waals surface area contributed by atoms with Gasteiger partial charge in [0.1, 0.15) is 6.10 Å². The van der Waals surface area contributed by atoms with Gasteiger partial charge in [-0.1, -0.05) is 18.2 Å². The van der Waals surface area contributed by atoms with Gasteiger partial charge in [0, 0.05) is 35.3 Å². The molecule has 0 radical (unpaired) electrons. The fourth-order valence-corrected chi connectivity index (χ4v) is 3.00. The number of para-hydroxylation sites is 1. The van der Waals surface area contributed by atoms with Gasteiger partial charge in [0.2, 0.25) is 5.88 Å². The normalized spacial score (nSPS) is 16.6. The lowest BCUT2D eigenvalue weighted by molar-refractivity contribution is 0.102. The number of carbonyl (C=O) groups excluding carboxylic acids is 1. The summed E-state index contributed by atoms with van der Waals surface area (Å²) in [5.74, 6) is 0.222. The topological polar surface area (TPSA) is 73.3 Å². The van der Waals surface area contributed by atoms with Crippen molar-refractivity contribution in [3.05, 3.63) is 59.9 Å². The molecule has 1 amide bonds. The number of pyridine rings is 2. The highest BCUT2D eigenvalue weighted by Gasteiger charge is 2.18. The zero-order chi connectivity index (χ0) is 17.9. The number of anilines is 1. The molecule has 2 aromatic heterocycles. The third kappa shape index (κ3) is 3.50. The smallest absolute Gasteiger partial charge is 0.255 e.